The molecular formula is C30H25N3O8. The van der Waals surface area contributed by atoms with Gasteiger partial charge in [-0.15, -0.1) is 0 Å². The maximum atomic E-state index is 13.3. The van der Waals surface area contributed by atoms with Gasteiger partial charge in [0.2, 0.25) is 0 Å². The number of ether oxygens (including phenoxy) is 4. The van der Waals surface area contributed by atoms with E-state index in [2.05, 4.69) is 0 Å². The molecular weight excluding hydrogens is 530 g/mol. The molecule has 11 nitrogen and oxygen atoms in total. The van der Waals surface area contributed by atoms with Gasteiger partial charge in [-0.3, -0.25) is 4.90 Å². The molecule has 0 aliphatic carbocycles. The number of aromatic carboxylic acids is 1. The summed E-state index contributed by atoms with van der Waals surface area (Å²) < 4.78 is 21.2. The summed E-state index contributed by atoms with van der Waals surface area (Å²) in [5.74, 6) is -3.82. The SMILES string of the molecule is COC(=O)C1=C(C(=O)OC)N(c2ccc(Oc3ccccc3OC)cc2C(=O)O)C(N)=C(C#N)C1c1ccccc1. The van der Waals surface area contributed by atoms with E-state index < -0.39 is 29.5 Å². The quantitative estimate of drug-likeness (QED) is 0.385. The second-order valence-electron chi connectivity index (χ2n) is 8.57. The molecule has 0 saturated heterocycles. The number of methoxy groups -OCH3 is 3. The average Bonchev–Trinajstić information content (AvgIpc) is 3.00. The van der Waals surface area contributed by atoms with E-state index in [1.807, 2.05) is 6.07 Å². The van der Waals surface area contributed by atoms with Gasteiger partial charge < -0.3 is 29.8 Å². The highest BCUT2D eigenvalue weighted by atomic mass is 16.5. The predicted molar refractivity (Wildman–Crippen MR) is 146 cm³/mol. The molecule has 41 heavy (non-hydrogen) atoms. The molecule has 0 spiro atoms. The summed E-state index contributed by atoms with van der Waals surface area (Å²) in [4.78, 5) is 40.0. The van der Waals surface area contributed by atoms with Crippen molar-refractivity contribution in [3.05, 3.63) is 107 Å². The topological polar surface area (TPSA) is 161 Å². The number of nitrogens with two attached hydrogens (primary N) is 1. The summed E-state index contributed by atoms with van der Waals surface area (Å²) in [6.45, 7) is 0. The lowest BCUT2D eigenvalue weighted by atomic mass is 9.80. The van der Waals surface area contributed by atoms with Gasteiger partial charge in [0.15, 0.2) is 11.5 Å². The van der Waals surface area contributed by atoms with Crippen LogP contribution in [0.1, 0.15) is 21.8 Å². The lowest BCUT2D eigenvalue weighted by molar-refractivity contribution is -0.139. The van der Waals surface area contributed by atoms with Crippen molar-refractivity contribution in [3.8, 4) is 23.3 Å². The lowest BCUT2D eigenvalue weighted by Crippen LogP contribution is -2.41. The molecule has 1 unspecified atom stereocenters. The number of esters is 2. The number of nitriles is 1. The minimum Gasteiger partial charge on any atom is -0.493 e. The zero-order valence-corrected chi connectivity index (χ0v) is 22.3. The standard InChI is InChI=1S/C30H25N3O8/c1-38-22-11-7-8-12-23(22)41-18-13-14-21(19(15-18)28(34)35)33-26(30(37)40-3)25(29(36)39-2)24(20(16-31)27(33)32)17-9-5-4-6-10-17/h4-15,24H,32H2,1-3H3,(H,34,35). The van der Waals surface area contributed by atoms with Gasteiger partial charge in [-0.1, -0.05) is 42.5 Å². The number of nitrogens with zero attached hydrogens (tertiary/aromatic N) is 2. The van der Waals surface area contributed by atoms with Crippen molar-refractivity contribution in [1.82, 2.24) is 0 Å². The average molecular weight is 556 g/mol. The molecule has 0 saturated carbocycles. The third kappa shape index (κ3) is 5.26. The molecule has 3 aromatic rings. The smallest absolute Gasteiger partial charge is 0.355 e. The van der Waals surface area contributed by atoms with Crippen LogP contribution in [0.4, 0.5) is 5.69 Å². The van der Waals surface area contributed by atoms with Crippen molar-refractivity contribution >= 4 is 23.6 Å². The van der Waals surface area contributed by atoms with Crippen LogP contribution in [0.5, 0.6) is 17.2 Å². The highest BCUT2D eigenvalue weighted by Crippen LogP contribution is 2.44. The van der Waals surface area contributed by atoms with E-state index in [1.54, 1.807) is 54.6 Å². The van der Waals surface area contributed by atoms with Crippen LogP contribution in [0.3, 0.4) is 0 Å². The van der Waals surface area contributed by atoms with Crippen molar-refractivity contribution in [2.24, 2.45) is 5.73 Å². The zero-order valence-electron chi connectivity index (χ0n) is 22.3. The molecule has 0 amide bonds. The maximum absolute atomic E-state index is 13.3. The van der Waals surface area contributed by atoms with E-state index in [4.69, 9.17) is 24.7 Å². The number of hydrogen-bond acceptors (Lipinski definition) is 10. The lowest BCUT2D eigenvalue weighted by Gasteiger charge is -2.36. The predicted octanol–water partition coefficient (Wildman–Crippen LogP) is 4.08. The van der Waals surface area contributed by atoms with E-state index in [0.717, 1.165) is 19.1 Å². The minimum atomic E-state index is -1.40. The highest BCUT2D eigenvalue weighted by Gasteiger charge is 2.43. The van der Waals surface area contributed by atoms with E-state index in [0.29, 0.717) is 17.1 Å². The van der Waals surface area contributed by atoms with E-state index >= 15 is 0 Å². The van der Waals surface area contributed by atoms with Crippen LogP contribution in [0.2, 0.25) is 0 Å². The number of benzene rings is 3. The van der Waals surface area contributed by atoms with Gasteiger partial charge in [-0.05, 0) is 35.9 Å². The highest BCUT2D eigenvalue weighted by molar-refractivity contribution is 6.08. The summed E-state index contributed by atoms with van der Waals surface area (Å²) in [5, 5.41) is 20.4. The fraction of sp³-hybridized carbons (Fsp3) is 0.133. The fourth-order valence-corrected chi connectivity index (χ4v) is 4.54. The number of rotatable bonds is 8. The first-order chi connectivity index (χ1) is 19.8. The van der Waals surface area contributed by atoms with Crippen LogP contribution in [0, 0.1) is 11.3 Å². The Morgan fingerprint density at radius 3 is 2.12 bits per heavy atom. The fourth-order valence-electron chi connectivity index (χ4n) is 4.54. The summed E-state index contributed by atoms with van der Waals surface area (Å²) in [5.41, 5.74) is 5.76. The number of carboxylic acids is 1. The van der Waals surface area contributed by atoms with Crippen LogP contribution in [-0.4, -0.2) is 44.3 Å². The van der Waals surface area contributed by atoms with Crippen LogP contribution in [0.25, 0.3) is 0 Å². The van der Waals surface area contributed by atoms with E-state index in [1.165, 1.54) is 25.3 Å². The number of carboxylic acid groups (broad SMARTS) is 1. The van der Waals surface area contributed by atoms with Gasteiger partial charge in [0.05, 0.1) is 55.7 Å². The number of hydrogen-bond donors (Lipinski definition) is 2. The number of carbonyl (C=O) groups excluding carboxylic acids is 2. The van der Waals surface area contributed by atoms with Crippen molar-refractivity contribution in [1.29, 1.82) is 5.26 Å². The minimum absolute atomic E-state index is 0.102. The molecule has 4 rings (SSSR count). The van der Waals surface area contributed by atoms with E-state index in [9.17, 15) is 24.8 Å². The molecule has 3 aromatic carbocycles. The second kappa shape index (κ2) is 12.0. The number of anilines is 1. The first-order valence-electron chi connectivity index (χ1n) is 12.1. The van der Waals surface area contributed by atoms with Gasteiger partial charge in [0.1, 0.15) is 17.3 Å². The Morgan fingerprint density at radius 2 is 1.54 bits per heavy atom. The van der Waals surface area contributed by atoms with Gasteiger partial charge in [-0.25, -0.2) is 14.4 Å². The van der Waals surface area contributed by atoms with E-state index in [-0.39, 0.29) is 34.0 Å². The number of para-hydroxylation sites is 2. The molecule has 11 heteroatoms. The number of carbonyl (C=O) groups is 3. The molecule has 0 bridgehead atoms. The third-order valence-electron chi connectivity index (χ3n) is 6.35. The molecule has 0 radical (unpaired) electrons. The first kappa shape index (κ1) is 28.3. The Kier molecular flexibility index (Phi) is 8.24. The van der Waals surface area contributed by atoms with Crippen LogP contribution in [0.15, 0.2) is 95.5 Å². The molecule has 0 aromatic heterocycles. The van der Waals surface area contributed by atoms with Crippen LogP contribution in [-0.2, 0) is 19.1 Å². The van der Waals surface area contributed by atoms with Crippen molar-refractivity contribution in [2.45, 2.75) is 5.92 Å². The van der Waals surface area contributed by atoms with Gasteiger partial charge in [0.25, 0.3) is 0 Å². The Labute approximate surface area is 235 Å². The Balaban J connectivity index is 1.98. The second-order valence-corrected chi connectivity index (χ2v) is 8.57. The first-order valence-corrected chi connectivity index (χ1v) is 12.1. The molecule has 208 valence electrons. The van der Waals surface area contributed by atoms with Crippen molar-refractivity contribution < 1.29 is 38.4 Å². The molecule has 1 heterocycles. The molecule has 1 atom stereocenters. The Bertz CT molecular complexity index is 1620. The molecule has 3 N–H and O–H groups in total. The van der Waals surface area contributed by atoms with Crippen molar-refractivity contribution in [2.75, 3.05) is 26.2 Å². The maximum Gasteiger partial charge on any atom is 0.355 e. The normalized spacial score (nSPS) is 14.7. The third-order valence-corrected chi connectivity index (χ3v) is 6.35. The zero-order chi connectivity index (χ0) is 29.7. The van der Waals surface area contributed by atoms with Gasteiger partial charge in [0, 0.05) is 0 Å². The Hall–Kier alpha value is -5.76. The summed E-state index contributed by atoms with van der Waals surface area (Å²) >= 11 is 0. The Morgan fingerprint density at radius 1 is 0.902 bits per heavy atom. The van der Waals surface area contributed by atoms with Crippen LogP contribution >= 0.6 is 0 Å². The van der Waals surface area contributed by atoms with Gasteiger partial charge in [-0.2, -0.15) is 5.26 Å². The molecule has 1 aliphatic rings. The van der Waals surface area contributed by atoms with Crippen molar-refractivity contribution in [3.63, 3.8) is 0 Å². The summed E-state index contributed by atoms with van der Waals surface area (Å²) in [7, 11) is 3.69. The van der Waals surface area contributed by atoms with Crippen LogP contribution < -0.4 is 20.1 Å². The van der Waals surface area contributed by atoms with Gasteiger partial charge >= 0.3 is 17.9 Å². The molecule has 1 aliphatic heterocycles. The summed E-state index contributed by atoms with van der Waals surface area (Å²) in [6.07, 6.45) is 0. The number of allylic oxidation sites excluding steroid dienone is 1. The monoisotopic (exact) mass is 555 g/mol. The molecule has 0 fully saturated rings. The summed E-state index contributed by atoms with van der Waals surface area (Å²) in [6, 6.07) is 21.3. The largest absolute Gasteiger partial charge is 0.493 e.